The minimum atomic E-state index is -0.469. The van der Waals surface area contributed by atoms with Crippen molar-refractivity contribution in [2.75, 3.05) is 0 Å². The standard InChI is InChI=1S/C45H26N4S2/c1-2-11-27(12-3-1)43-46-44(28-21-23-33-32-15-6-9-20-39(32)50-40(33)25-28)48-45(47-43)36-17-10-16-35-34-24-22-29(26-41(34)51-42(35)36)49-37-18-7-4-13-30(37)31-14-5-8-19-38(31)49/h1-26H/i1D,2D,3D,11D,12D. The maximum absolute atomic E-state index is 8.81. The Labute approximate surface area is 307 Å². The van der Waals surface area contributed by atoms with Crippen LogP contribution in [0.5, 0.6) is 0 Å². The Bertz CT molecular complexity index is 3380. The van der Waals surface area contributed by atoms with Crippen LogP contribution in [-0.4, -0.2) is 19.5 Å². The van der Waals surface area contributed by atoms with Crippen molar-refractivity contribution in [2.24, 2.45) is 0 Å². The summed E-state index contributed by atoms with van der Waals surface area (Å²) in [5, 5.41) is 6.86. The molecule has 0 unspecified atom stereocenters. The third kappa shape index (κ3) is 4.47. The van der Waals surface area contributed by atoms with Gasteiger partial charge in [0.1, 0.15) is 0 Å². The van der Waals surface area contributed by atoms with Crippen molar-refractivity contribution in [2.45, 2.75) is 0 Å². The number of nitrogens with zero attached hydrogens (tertiary/aromatic N) is 4. The molecule has 0 saturated heterocycles. The zero-order valence-corrected chi connectivity index (χ0v) is 28.4. The minimum Gasteiger partial charge on any atom is -0.309 e. The third-order valence-corrected chi connectivity index (χ3v) is 11.9. The number of para-hydroxylation sites is 2. The lowest BCUT2D eigenvalue weighted by molar-refractivity contribution is 1.08. The van der Waals surface area contributed by atoms with Gasteiger partial charge in [-0.2, -0.15) is 0 Å². The lowest BCUT2D eigenvalue weighted by atomic mass is 10.1. The van der Waals surface area contributed by atoms with Gasteiger partial charge in [-0.25, -0.2) is 15.0 Å². The molecule has 6 heteroatoms. The van der Waals surface area contributed by atoms with Crippen LogP contribution in [0.25, 0.3) is 102 Å². The fraction of sp³-hybridized carbons (Fsp3) is 0. The lowest BCUT2D eigenvalue weighted by Gasteiger charge is -2.09. The summed E-state index contributed by atoms with van der Waals surface area (Å²) >= 11 is 3.34. The van der Waals surface area contributed by atoms with E-state index >= 15 is 0 Å². The van der Waals surface area contributed by atoms with Gasteiger partial charge in [-0.05, 0) is 42.5 Å². The molecule has 0 radical (unpaired) electrons. The molecule has 0 N–H and O–H groups in total. The van der Waals surface area contributed by atoms with Gasteiger partial charge in [0, 0.05) is 73.5 Å². The van der Waals surface area contributed by atoms with Crippen molar-refractivity contribution in [1.29, 1.82) is 0 Å². The van der Waals surface area contributed by atoms with Gasteiger partial charge in [0.25, 0.3) is 0 Å². The van der Waals surface area contributed by atoms with Crippen molar-refractivity contribution in [1.82, 2.24) is 19.5 Å². The predicted molar refractivity (Wildman–Crippen MR) is 216 cm³/mol. The summed E-state index contributed by atoms with van der Waals surface area (Å²) in [6, 6.07) is 41.9. The monoisotopic (exact) mass is 691 g/mol. The van der Waals surface area contributed by atoms with Crippen LogP contribution in [-0.2, 0) is 0 Å². The summed E-state index contributed by atoms with van der Waals surface area (Å²) in [6.45, 7) is 0. The van der Waals surface area contributed by atoms with Crippen LogP contribution in [0.15, 0.2) is 158 Å². The number of rotatable bonds is 4. The summed E-state index contributed by atoms with van der Waals surface area (Å²) in [7, 11) is 0. The molecule has 11 rings (SSSR count). The zero-order chi connectivity index (χ0) is 37.8. The van der Waals surface area contributed by atoms with Crippen LogP contribution in [0, 0.1) is 0 Å². The molecule has 11 aromatic rings. The van der Waals surface area contributed by atoms with Crippen molar-refractivity contribution in [3.8, 4) is 39.9 Å². The first-order valence-corrected chi connectivity index (χ1v) is 18.2. The van der Waals surface area contributed by atoms with E-state index in [0.29, 0.717) is 11.6 Å². The fourth-order valence-corrected chi connectivity index (χ4v) is 9.66. The van der Waals surface area contributed by atoms with E-state index in [1.54, 1.807) is 22.7 Å². The highest BCUT2D eigenvalue weighted by Gasteiger charge is 2.18. The van der Waals surface area contributed by atoms with Gasteiger partial charge in [0.05, 0.1) is 17.9 Å². The van der Waals surface area contributed by atoms with Gasteiger partial charge < -0.3 is 4.57 Å². The number of thiophene rings is 2. The van der Waals surface area contributed by atoms with Crippen LogP contribution in [0.2, 0.25) is 0 Å². The average Bonchev–Trinajstić information content (AvgIpc) is 3.91. The Morgan fingerprint density at radius 2 is 1.06 bits per heavy atom. The average molecular weight is 692 g/mol. The first-order valence-electron chi connectivity index (χ1n) is 19.0. The van der Waals surface area contributed by atoms with Gasteiger partial charge in [-0.15, -0.1) is 22.7 Å². The largest absolute Gasteiger partial charge is 0.309 e. The Kier molecular flexibility index (Phi) is 5.25. The molecule has 51 heavy (non-hydrogen) atoms. The van der Waals surface area contributed by atoms with Crippen LogP contribution in [0.3, 0.4) is 0 Å². The maximum atomic E-state index is 8.81. The van der Waals surface area contributed by atoms with Crippen LogP contribution in [0.1, 0.15) is 6.85 Å². The Morgan fingerprint density at radius 1 is 0.451 bits per heavy atom. The second-order valence-electron chi connectivity index (χ2n) is 12.4. The maximum Gasteiger partial charge on any atom is 0.165 e. The Balaban J connectivity index is 1.14. The first kappa shape index (κ1) is 24.0. The molecule has 0 aliphatic carbocycles. The molecule has 7 aromatic carbocycles. The molecule has 0 spiro atoms. The van der Waals surface area contributed by atoms with Gasteiger partial charge in [-0.1, -0.05) is 115 Å². The quantitative estimate of drug-likeness (QED) is 0.184. The van der Waals surface area contributed by atoms with Gasteiger partial charge in [0.2, 0.25) is 0 Å². The SMILES string of the molecule is [2H]c1c([2H])c([2H])c(-c2nc(-c3ccc4c(c3)sc3ccccc34)nc(-c3cccc4c3sc3cc(-n5c6ccccc6c6ccccc65)ccc34)n2)c([2H])c1[2H]. The van der Waals surface area contributed by atoms with E-state index in [0.717, 1.165) is 58.1 Å². The van der Waals surface area contributed by atoms with Crippen molar-refractivity contribution < 1.29 is 6.85 Å². The highest BCUT2D eigenvalue weighted by molar-refractivity contribution is 7.26. The molecular weight excluding hydrogens is 661 g/mol. The second-order valence-corrected chi connectivity index (χ2v) is 14.6. The summed E-state index contributed by atoms with van der Waals surface area (Å²) in [5.41, 5.74) is 4.78. The fourth-order valence-electron chi connectivity index (χ4n) is 7.27. The molecule has 0 aliphatic heterocycles. The van der Waals surface area contributed by atoms with E-state index < -0.39 is 18.1 Å². The van der Waals surface area contributed by atoms with Crippen LogP contribution >= 0.6 is 22.7 Å². The normalized spacial score (nSPS) is 13.3. The second kappa shape index (κ2) is 11.2. The van der Waals surface area contributed by atoms with Crippen molar-refractivity contribution >= 4 is 84.8 Å². The van der Waals surface area contributed by atoms with E-state index in [-0.39, 0.29) is 23.5 Å². The summed E-state index contributed by atoms with van der Waals surface area (Å²) in [5.74, 6) is 0.723. The highest BCUT2D eigenvalue weighted by atomic mass is 32.1. The zero-order valence-electron chi connectivity index (χ0n) is 31.7. The smallest absolute Gasteiger partial charge is 0.165 e. The van der Waals surface area contributed by atoms with Crippen molar-refractivity contribution in [3.05, 3.63) is 158 Å². The lowest BCUT2D eigenvalue weighted by Crippen LogP contribution is -2.00. The molecule has 0 bridgehead atoms. The predicted octanol–water partition coefficient (Wildman–Crippen LogP) is 12.7. The van der Waals surface area contributed by atoms with Gasteiger partial charge in [-0.3, -0.25) is 0 Å². The molecule has 0 saturated carbocycles. The molecule has 0 fully saturated rings. The molecule has 0 aliphatic rings. The third-order valence-electron chi connectivity index (χ3n) is 9.56. The highest BCUT2D eigenvalue weighted by Crippen LogP contribution is 2.42. The molecule has 4 aromatic heterocycles. The summed E-state index contributed by atoms with van der Waals surface area (Å²) in [6.07, 6.45) is 0. The number of hydrogen-bond acceptors (Lipinski definition) is 5. The minimum absolute atomic E-state index is 0.0187. The van der Waals surface area contributed by atoms with Crippen LogP contribution < -0.4 is 0 Å². The number of hydrogen-bond donors (Lipinski definition) is 0. The van der Waals surface area contributed by atoms with E-state index in [1.807, 2.05) is 30.3 Å². The number of fused-ring (bicyclic) bond motifs is 9. The van der Waals surface area contributed by atoms with Gasteiger partial charge in [0.15, 0.2) is 17.5 Å². The molecule has 0 atom stereocenters. The molecule has 4 heterocycles. The summed E-state index contributed by atoms with van der Waals surface area (Å²) in [4.78, 5) is 14.8. The molecule has 0 amide bonds. The van der Waals surface area contributed by atoms with Crippen LogP contribution in [0.4, 0.5) is 0 Å². The number of benzene rings is 7. The van der Waals surface area contributed by atoms with Crippen molar-refractivity contribution in [3.63, 3.8) is 0 Å². The van der Waals surface area contributed by atoms with E-state index in [4.69, 9.17) is 21.8 Å². The van der Waals surface area contributed by atoms with E-state index in [9.17, 15) is 0 Å². The first-order chi connectivity index (χ1) is 27.3. The van der Waals surface area contributed by atoms with E-state index in [1.165, 1.54) is 20.9 Å². The molecule has 4 nitrogen and oxygen atoms in total. The Hall–Kier alpha value is -6.21. The van der Waals surface area contributed by atoms with Gasteiger partial charge >= 0.3 is 0 Å². The topological polar surface area (TPSA) is 43.6 Å². The summed E-state index contributed by atoms with van der Waals surface area (Å²) < 4.78 is 49.3. The van der Waals surface area contributed by atoms with E-state index in [2.05, 4.69) is 102 Å². The molecule has 238 valence electrons. The molecular formula is C45H26N4S2. The number of aromatic nitrogens is 4. The Morgan fingerprint density at radius 3 is 1.86 bits per heavy atom.